The molecule has 0 radical (unpaired) electrons. The Bertz CT molecular complexity index is 422. The standard InChI is InChI=1S/C14H23N3O2/c1-4-19-13-6-11(7-13)5-12(18)8-14-15-9-16-17(14)10(2)3/h9-11,13H,4-8H2,1-3H3. The van der Waals surface area contributed by atoms with Crippen molar-refractivity contribution in [3.63, 3.8) is 0 Å². The number of ketones is 1. The number of ether oxygens (including phenoxy) is 1. The minimum absolute atomic E-state index is 0.247. The first kappa shape index (κ1) is 14.2. The SMILES string of the molecule is CCOC1CC(CC(=O)Cc2ncnn2C(C)C)C1. The van der Waals surface area contributed by atoms with Crippen molar-refractivity contribution in [2.45, 2.75) is 58.6 Å². The minimum Gasteiger partial charge on any atom is -0.378 e. The van der Waals surface area contributed by atoms with Crippen molar-refractivity contribution in [1.82, 2.24) is 14.8 Å². The fourth-order valence-corrected chi connectivity index (χ4v) is 2.62. The van der Waals surface area contributed by atoms with Crippen molar-refractivity contribution < 1.29 is 9.53 Å². The Labute approximate surface area is 114 Å². The van der Waals surface area contributed by atoms with Crippen LogP contribution >= 0.6 is 0 Å². The summed E-state index contributed by atoms with van der Waals surface area (Å²) in [4.78, 5) is 16.2. The number of carbonyl (C=O) groups is 1. The van der Waals surface area contributed by atoms with Crippen molar-refractivity contribution in [2.75, 3.05) is 6.61 Å². The lowest BCUT2D eigenvalue weighted by molar-refractivity contribution is -0.121. The van der Waals surface area contributed by atoms with Crippen molar-refractivity contribution in [3.8, 4) is 0 Å². The van der Waals surface area contributed by atoms with Gasteiger partial charge in [0.15, 0.2) is 0 Å². The maximum atomic E-state index is 12.0. The van der Waals surface area contributed by atoms with E-state index in [9.17, 15) is 4.79 Å². The number of hydrogen-bond donors (Lipinski definition) is 0. The highest BCUT2D eigenvalue weighted by molar-refractivity contribution is 5.80. The van der Waals surface area contributed by atoms with Crippen molar-refractivity contribution in [2.24, 2.45) is 5.92 Å². The second-order valence-corrected chi connectivity index (χ2v) is 5.55. The van der Waals surface area contributed by atoms with Crippen LogP contribution in [0.25, 0.3) is 0 Å². The Morgan fingerprint density at radius 3 is 2.89 bits per heavy atom. The third-order valence-corrected chi connectivity index (χ3v) is 3.60. The Balaban J connectivity index is 1.77. The Hall–Kier alpha value is -1.23. The zero-order valence-electron chi connectivity index (χ0n) is 12.0. The van der Waals surface area contributed by atoms with E-state index in [1.54, 1.807) is 0 Å². The van der Waals surface area contributed by atoms with E-state index in [0.29, 0.717) is 24.9 Å². The Kier molecular flexibility index (Phi) is 4.69. The number of nitrogens with zero attached hydrogens (tertiary/aromatic N) is 3. The largest absolute Gasteiger partial charge is 0.378 e. The molecule has 1 saturated carbocycles. The second kappa shape index (κ2) is 6.28. The predicted octanol–water partition coefficient (Wildman–Crippen LogP) is 2.18. The van der Waals surface area contributed by atoms with E-state index in [4.69, 9.17) is 4.74 Å². The van der Waals surface area contributed by atoms with Crippen molar-refractivity contribution in [1.29, 1.82) is 0 Å². The first-order valence-corrected chi connectivity index (χ1v) is 7.11. The average Bonchev–Trinajstić information content (AvgIpc) is 2.74. The summed E-state index contributed by atoms with van der Waals surface area (Å²) in [7, 11) is 0. The van der Waals surface area contributed by atoms with Gasteiger partial charge in [-0.05, 0) is 39.5 Å². The summed E-state index contributed by atoms with van der Waals surface area (Å²) in [6.45, 7) is 6.86. The van der Waals surface area contributed by atoms with Crippen LogP contribution in [0.5, 0.6) is 0 Å². The maximum Gasteiger partial charge on any atom is 0.140 e. The normalized spacial score (nSPS) is 22.5. The number of aromatic nitrogens is 3. The molecular weight excluding hydrogens is 242 g/mol. The molecule has 0 bridgehead atoms. The molecule has 0 aromatic carbocycles. The molecule has 2 rings (SSSR count). The topological polar surface area (TPSA) is 57.0 Å². The van der Waals surface area contributed by atoms with Gasteiger partial charge in [0.2, 0.25) is 0 Å². The van der Waals surface area contributed by atoms with Crippen LogP contribution in [0.15, 0.2) is 6.33 Å². The highest BCUT2D eigenvalue weighted by Gasteiger charge is 2.31. The lowest BCUT2D eigenvalue weighted by atomic mass is 9.78. The van der Waals surface area contributed by atoms with E-state index < -0.39 is 0 Å². The molecule has 5 heteroatoms. The maximum absolute atomic E-state index is 12.0. The summed E-state index contributed by atoms with van der Waals surface area (Å²) >= 11 is 0. The summed E-state index contributed by atoms with van der Waals surface area (Å²) in [5, 5.41) is 4.15. The van der Waals surface area contributed by atoms with E-state index in [0.717, 1.165) is 25.3 Å². The molecule has 1 heterocycles. The molecule has 0 atom stereocenters. The number of carbonyl (C=O) groups excluding carboxylic acids is 1. The minimum atomic E-state index is 0.247. The molecule has 1 aromatic rings. The number of Topliss-reactive ketones (excluding diaryl/α,β-unsaturated/α-hetero) is 1. The van der Waals surface area contributed by atoms with Crippen LogP contribution in [0, 0.1) is 5.92 Å². The molecule has 0 unspecified atom stereocenters. The zero-order valence-corrected chi connectivity index (χ0v) is 12.0. The van der Waals surface area contributed by atoms with Gasteiger partial charge >= 0.3 is 0 Å². The average molecular weight is 265 g/mol. The van der Waals surface area contributed by atoms with Gasteiger partial charge in [-0.15, -0.1) is 0 Å². The van der Waals surface area contributed by atoms with Gasteiger partial charge in [-0.2, -0.15) is 5.10 Å². The van der Waals surface area contributed by atoms with E-state index in [-0.39, 0.29) is 11.8 Å². The van der Waals surface area contributed by atoms with Crippen LogP contribution in [0.2, 0.25) is 0 Å². The number of rotatable bonds is 7. The van der Waals surface area contributed by atoms with Crippen LogP contribution in [-0.2, 0) is 16.0 Å². The van der Waals surface area contributed by atoms with Gasteiger partial charge in [-0.1, -0.05) is 0 Å². The third kappa shape index (κ3) is 3.62. The smallest absolute Gasteiger partial charge is 0.140 e. The van der Waals surface area contributed by atoms with Gasteiger partial charge in [-0.3, -0.25) is 4.79 Å². The molecular formula is C14H23N3O2. The summed E-state index contributed by atoms with van der Waals surface area (Å²) in [6.07, 6.45) is 4.99. The molecule has 0 aliphatic heterocycles. The third-order valence-electron chi connectivity index (χ3n) is 3.60. The van der Waals surface area contributed by atoms with Crippen molar-refractivity contribution in [3.05, 3.63) is 12.2 Å². The molecule has 1 aliphatic carbocycles. The van der Waals surface area contributed by atoms with Crippen LogP contribution in [0.1, 0.15) is 51.9 Å². The molecule has 1 fully saturated rings. The first-order valence-electron chi connectivity index (χ1n) is 7.11. The molecule has 106 valence electrons. The monoisotopic (exact) mass is 265 g/mol. The Morgan fingerprint density at radius 1 is 1.53 bits per heavy atom. The molecule has 0 spiro atoms. The van der Waals surface area contributed by atoms with Crippen molar-refractivity contribution >= 4 is 5.78 Å². The summed E-state index contributed by atoms with van der Waals surface area (Å²) in [6, 6.07) is 0.247. The fourth-order valence-electron chi connectivity index (χ4n) is 2.62. The Morgan fingerprint density at radius 2 is 2.26 bits per heavy atom. The molecule has 0 N–H and O–H groups in total. The molecule has 0 saturated heterocycles. The summed E-state index contributed by atoms with van der Waals surface area (Å²) in [5.74, 6) is 1.54. The molecule has 0 amide bonds. The van der Waals surface area contributed by atoms with E-state index in [1.807, 2.05) is 25.5 Å². The summed E-state index contributed by atoms with van der Waals surface area (Å²) < 4.78 is 7.33. The molecule has 19 heavy (non-hydrogen) atoms. The van der Waals surface area contributed by atoms with Crippen LogP contribution in [0.4, 0.5) is 0 Å². The molecule has 1 aliphatic rings. The lowest BCUT2D eigenvalue weighted by Crippen LogP contribution is -2.33. The van der Waals surface area contributed by atoms with Gasteiger partial charge in [-0.25, -0.2) is 9.67 Å². The van der Waals surface area contributed by atoms with Gasteiger partial charge in [0, 0.05) is 19.1 Å². The number of hydrogen-bond acceptors (Lipinski definition) is 4. The quantitative estimate of drug-likeness (QED) is 0.758. The molecule has 1 aromatic heterocycles. The lowest BCUT2D eigenvalue weighted by Gasteiger charge is -2.34. The highest BCUT2D eigenvalue weighted by atomic mass is 16.5. The first-order chi connectivity index (χ1) is 9.10. The van der Waals surface area contributed by atoms with Crippen LogP contribution < -0.4 is 0 Å². The van der Waals surface area contributed by atoms with Gasteiger partial charge < -0.3 is 4.74 Å². The van der Waals surface area contributed by atoms with Gasteiger partial charge in [0.1, 0.15) is 17.9 Å². The van der Waals surface area contributed by atoms with Gasteiger partial charge in [0.25, 0.3) is 0 Å². The highest BCUT2D eigenvalue weighted by Crippen LogP contribution is 2.33. The predicted molar refractivity (Wildman–Crippen MR) is 71.9 cm³/mol. The molecule has 5 nitrogen and oxygen atoms in total. The van der Waals surface area contributed by atoms with E-state index >= 15 is 0 Å². The zero-order chi connectivity index (χ0) is 13.8. The van der Waals surface area contributed by atoms with E-state index in [2.05, 4.69) is 10.1 Å². The summed E-state index contributed by atoms with van der Waals surface area (Å²) in [5.41, 5.74) is 0. The van der Waals surface area contributed by atoms with Gasteiger partial charge in [0.05, 0.1) is 12.5 Å². The van der Waals surface area contributed by atoms with E-state index in [1.165, 1.54) is 6.33 Å². The fraction of sp³-hybridized carbons (Fsp3) is 0.786. The van der Waals surface area contributed by atoms with Crippen LogP contribution in [-0.4, -0.2) is 33.3 Å². The second-order valence-electron chi connectivity index (χ2n) is 5.55. The van der Waals surface area contributed by atoms with Crippen LogP contribution in [0.3, 0.4) is 0 Å².